The van der Waals surface area contributed by atoms with Crippen molar-refractivity contribution in [1.29, 1.82) is 0 Å². The van der Waals surface area contributed by atoms with Crippen molar-refractivity contribution >= 4 is 5.78 Å². The van der Waals surface area contributed by atoms with E-state index in [1.54, 1.807) is 6.92 Å². The molecule has 1 fully saturated rings. The fraction of sp³-hybridized carbons (Fsp3) is 0.900. The molecule has 0 heterocycles. The van der Waals surface area contributed by atoms with Gasteiger partial charge in [0.15, 0.2) is 0 Å². The highest BCUT2D eigenvalue weighted by Gasteiger charge is 2.21. The number of carbonyl (C=O) groups is 1. The minimum Gasteiger partial charge on any atom is -0.299 e. The van der Waals surface area contributed by atoms with Gasteiger partial charge in [0, 0.05) is 6.04 Å². The van der Waals surface area contributed by atoms with Gasteiger partial charge in [0.05, 0.1) is 6.54 Å². The quantitative estimate of drug-likeness (QED) is 0.640. The van der Waals surface area contributed by atoms with Crippen molar-refractivity contribution in [3.05, 3.63) is 0 Å². The molecule has 2 heteroatoms. The summed E-state index contributed by atoms with van der Waals surface area (Å²) in [5.41, 5.74) is 0. The Morgan fingerprint density at radius 3 is 2.42 bits per heavy atom. The minimum absolute atomic E-state index is 0.295. The third kappa shape index (κ3) is 2.59. The molecule has 0 aromatic heterocycles. The lowest BCUT2D eigenvalue weighted by molar-refractivity contribution is -0.118. The molecule has 2 nitrogen and oxygen atoms in total. The molecule has 0 aromatic rings. The highest BCUT2D eigenvalue weighted by molar-refractivity contribution is 5.77. The van der Waals surface area contributed by atoms with Crippen LogP contribution in [0.3, 0.4) is 0 Å². The zero-order chi connectivity index (χ0) is 8.97. The van der Waals surface area contributed by atoms with Gasteiger partial charge in [0.2, 0.25) is 0 Å². The maximum Gasteiger partial charge on any atom is 0.143 e. The first kappa shape index (κ1) is 9.72. The number of likely N-dealkylation sites (N-methyl/N-ethyl adjacent to an activating group) is 1. The third-order valence-corrected chi connectivity index (χ3v) is 2.67. The van der Waals surface area contributed by atoms with E-state index in [4.69, 9.17) is 0 Å². The van der Waals surface area contributed by atoms with Crippen molar-refractivity contribution < 1.29 is 4.79 Å². The predicted octanol–water partition coefficient (Wildman–Crippen LogP) is 1.84. The molecular formula is C10H19NO. The molecule has 70 valence electrons. The molecular weight excluding hydrogens is 150 g/mol. The molecule has 1 aliphatic carbocycles. The Bertz CT molecular complexity index is 150. The smallest absolute Gasteiger partial charge is 0.143 e. The predicted molar refractivity (Wildman–Crippen MR) is 50.2 cm³/mol. The zero-order valence-electron chi connectivity index (χ0n) is 8.18. The Hall–Kier alpha value is -0.370. The first-order valence-electron chi connectivity index (χ1n) is 4.97. The van der Waals surface area contributed by atoms with Crippen LogP contribution in [0.2, 0.25) is 0 Å². The van der Waals surface area contributed by atoms with Crippen LogP contribution in [0, 0.1) is 0 Å². The van der Waals surface area contributed by atoms with Gasteiger partial charge in [-0.3, -0.25) is 9.69 Å². The highest BCUT2D eigenvalue weighted by Crippen LogP contribution is 2.22. The topological polar surface area (TPSA) is 20.3 Å². The van der Waals surface area contributed by atoms with Gasteiger partial charge in [-0.15, -0.1) is 0 Å². The van der Waals surface area contributed by atoms with E-state index in [-0.39, 0.29) is 0 Å². The van der Waals surface area contributed by atoms with Gasteiger partial charge >= 0.3 is 0 Å². The van der Waals surface area contributed by atoms with E-state index in [1.807, 2.05) is 0 Å². The Morgan fingerprint density at radius 1 is 1.42 bits per heavy atom. The average molecular weight is 169 g/mol. The molecule has 1 rings (SSSR count). The monoisotopic (exact) mass is 169 g/mol. The molecule has 0 aliphatic heterocycles. The number of hydrogen-bond acceptors (Lipinski definition) is 2. The number of carbonyl (C=O) groups excluding carboxylic acids is 1. The standard InChI is InChI=1S/C10H19NO/c1-3-11(8-9(2)12)10-6-4-5-7-10/h10H,3-8H2,1-2H3. The van der Waals surface area contributed by atoms with Crippen molar-refractivity contribution in [2.75, 3.05) is 13.1 Å². The fourth-order valence-electron chi connectivity index (χ4n) is 2.05. The van der Waals surface area contributed by atoms with E-state index in [0.29, 0.717) is 18.4 Å². The van der Waals surface area contributed by atoms with Gasteiger partial charge in [-0.25, -0.2) is 0 Å². The summed E-state index contributed by atoms with van der Waals surface area (Å²) in [7, 11) is 0. The number of nitrogens with zero attached hydrogens (tertiary/aromatic N) is 1. The van der Waals surface area contributed by atoms with Crippen molar-refractivity contribution in [3.8, 4) is 0 Å². The van der Waals surface area contributed by atoms with Crippen LogP contribution in [-0.2, 0) is 4.79 Å². The summed E-state index contributed by atoms with van der Waals surface area (Å²) in [6.45, 7) is 5.49. The summed E-state index contributed by atoms with van der Waals surface area (Å²) in [4.78, 5) is 13.2. The van der Waals surface area contributed by atoms with Gasteiger partial charge in [-0.1, -0.05) is 19.8 Å². The average Bonchev–Trinajstić information content (AvgIpc) is 2.51. The zero-order valence-corrected chi connectivity index (χ0v) is 8.18. The van der Waals surface area contributed by atoms with Crippen molar-refractivity contribution in [3.63, 3.8) is 0 Å². The molecule has 0 amide bonds. The molecule has 0 spiro atoms. The van der Waals surface area contributed by atoms with Crippen LogP contribution in [-0.4, -0.2) is 29.8 Å². The van der Waals surface area contributed by atoms with Crippen LogP contribution in [0.1, 0.15) is 39.5 Å². The van der Waals surface area contributed by atoms with Crippen molar-refractivity contribution in [2.45, 2.75) is 45.6 Å². The summed E-state index contributed by atoms with van der Waals surface area (Å²) >= 11 is 0. The van der Waals surface area contributed by atoms with Gasteiger partial charge in [-0.05, 0) is 26.3 Å². The van der Waals surface area contributed by atoms with E-state index >= 15 is 0 Å². The van der Waals surface area contributed by atoms with Gasteiger partial charge in [-0.2, -0.15) is 0 Å². The summed E-state index contributed by atoms with van der Waals surface area (Å²) in [6, 6.07) is 0.693. The second-order valence-corrected chi connectivity index (χ2v) is 3.70. The van der Waals surface area contributed by atoms with Gasteiger partial charge in [0.25, 0.3) is 0 Å². The summed E-state index contributed by atoms with van der Waals surface area (Å²) in [6.07, 6.45) is 5.28. The highest BCUT2D eigenvalue weighted by atomic mass is 16.1. The molecule has 0 unspecified atom stereocenters. The first-order valence-corrected chi connectivity index (χ1v) is 4.97. The SMILES string of the molecule is CCN(CC(C)=O)C1CCCC1. The minimum atomic E-state index is 0.295. The van der Waals surface area contributed by atoms with Crippen LogP contribution in [0.25, 0.3) is 0 Å². The Kier molecular flexibility index (Phi) is 3.73. The number of ketones is 1. The van der Waals surface area contributed by atoms with Crippen LogP contribution < -0.4 is 0 Å². The number of hydrogen-bond donors (Lipinski definition) is 0. The molecule has 0 bridgehead atoms. The van der Waals surface area contributed by atoms with Crippen LogP contribution in [0.15, 0.2) is 0 Å². The van der Waals surface area contributed by atoms with Crippen LogP contribution >= 0.6 is 0 Å². The van der Waals surface area contributed by atoms with Crippen molar-refractivity contribution in [2.24, 2.45) is 0 Å². The van der Waals surface area contributed by atoms with Gasteiger partial charge < -0.3 is 0 Å². The van der Waals surface area contributed by atoms with E-state index in [2.05, 4.69) is 11.8 Å². The van der Waals surface area contributed by atoms with Gasteiger partial charge in [0.1, 0.15) is 5.78 Å². The maximum atomic E-state index is 10.9. The van der Waals surface area contributed by atoms with Crippen LogP contribution in [0.4, 0.5) is 0 Å². The summed E-state index contributed by atoms with van der Waals surface area (Å²) < 4.78 is 0. The lowest BCUT2D eigenvalue weighted by Gasteiger charge is -2.25. The Morgan fingerprint density at radius 2 is 2.00 bits per heavy atom. The molecule has 0 radical (unpaired) electrons. The second kappa shape index (κ2) is 4.61. The van der Waals surface area contributed by atoms with E-state index in [0.717, 1.165) is 6.54 Å². The Balaban J connectivity index is 2.37. The molecule has 12 heavy (non-hydrogen) atoms. The molecule has 0 aromatic carbocycles. The van der Waals surface area contributed by atoms with Crippen molar-refractivity contribution in [1.82, 2.24) is 4.90 Å². The summed E-state index contributed by atoms with van der Waals surface area (Å²) in [5, 5.41) is 0. The fourth-order valence-corrected chi connectivity index (χ4v) is 2.05. The van der Waals surface area contributed by atoms with E-state index in [9.17, 15) is 4.79 Å². The molecule has 0 N–H and O–H groups in total. The number of rotatable bonds is 4. The third-order valence-electron chi connectivity index (χ3n) is 2.67. The summed E-state index contributed by atoms with van der Waals surface area (Å²) in [5.74, 6) is 0.295. The lowest BCUT2D eigenvalue weighted by atomic mass is 10.2. The lowest BCUT2D eigenvalue weighted by Crippen LogP contribution is -2.36. The molecule has 1 saturated carbocycles. The maximum absolute atomic E-state index is 10.9. The normalized spacial score (nSPS) is 18.9. The second-order valence-electron chi connectivity index (χ2n) is 3.70. The van der Waals surface area contributed by atoms with E-state index < -0.39 is 0 Å². The Labute approximate surface area is 74.9 Å². The first-order chi connectivity index (χ1) is 5.74. The largest absolute Gasteiger partial charge is 0.299 e. The van der Waals surface area contributed by atoms with Crippen LogP contribution in [0.5, 0.6) is 0 Å². The van der Waals surface area contributed by atoms with E-state index in [1.165, 1.54) is 25.7 Å². The molecule has 0 saturated heterocycles. The molecule has 1 aliphatic rings. The number of Topliss-reactive ketones (excluding diaryl/α,β-unsaturated/α-hetero) is 1. The molecule has 0 atom stereocenters.